The van der Waals surface area contributed by atoms with Gasteiger partial charge in [0, 0.05) is 19.2 Å². The molecule has 0 aliphatic rings. The third kappa shape index (κ3) is 2.77. The molecule has 0 unspecified atom stereocenters. The molecule has 0 atom stereocenters. The van der Waals surface area contributed by atoms with Gasteiger partial charge < -0.3 is 0 Å². The van der Waals surface area contributed by atoms with Crippen molar-refractivity contribution in [1.82, 2.24) is 0 Å². The van der Waals surface area contributed by atoms with Crippen LogP contribution < -0.4 is 0 Å². The second-order valence-electron chi connectivity index (χ2n) is 5.87. The minimum Gasteiger partial charge on any atom is -0.192 e. The lowest BCUT2D eigenvalue weighted by Gasteiger charge is -1.83. The van der Waals surface area contributed by atoms with Crippen molar-refractivity contribution in [2.75, 3.05) is 0 Å². The van der Waals surface area contributed by atoms with Crippen molar-refractivity contribution < 1.29 is 0 Å². The van der Waals surface area contributed by atoms with Crippen molar-refractivity contribution in [3.8, 4) is 24.3 Å². The zero-order chi connectivity index (χ0) is 20.1. The molecule has 0 spiro atoms. The van der Waals surface area contributed by atoms with E-state index in [0.29, 0.717) is 0 Å². The first-order chi connectivity index (χ1) is 14.1. The third-order valence-corrected chi connectivity index (χ3v) is 10.8. The number of hydrogen-bond donors (Lipinski definition) is 0. The monoisotopic (exact) mass is 460 g/mol. The first-order valence-corrected chi connectivity index (χ1v) is 12.1. The normalized spacial score (nSPS) is 10.6. The van der Waals surface area contributed by atoms with Gasteiger partial charge in [-0.2, -0.15) is 21.0 Å². The van der Waals surface area contributed by atoms with E-state index in [9.17, 15) is 0 Å². The molecule has 0 amide bonds. The molecule has 0 saturated heterocycles. The zero-order valence-electron chi connectivity index (χ0n) is 14.1. The summed E-state index contributed by atoms with van der Waals surface area (Å²) in [5.41, 5.74) is 0.217. The van der Waals surface area contributed by atoms with Gasteiger partial charge >= 0.3 is 0 Å². The lowest BCUT2D eigenvalue weighted by atomic mass is 10.3. The summed E-state index contributed by atoms with van der Waals surface area (Å²) in [4.78, 5) is 1.83. The second-order valence-corrected chi connectivity index (χ2v) is 11.2. The fraction of sp³-hybridized carbons (Fsp3) is 0. The predicted molar refractivity (Wildman–Crippen MR) is 124 cm³/mol. The maximum atomic E-state index is 8.97. The first kappa shape index (κ1) is 18.0. The molecular weight excluding hydrogens is 457 g/mol. The Kier molecular flexibility index (Phi) is 4.23. The smallest absolute Gasteiger partial charge is 0.131 e. The maximum absolute atomic E-state index is 8.97. The van der Waals surface area contributed by atoms with E-state index in [1.165, 1.54) is 37.6 Å². The number of thiophene rings is 5. The Bertz CT molecular complexity index is 1540. The number of fused-ring (bicyclic) bond motifs is 7. The van der Waals surface area contributed by atoms with Crippen LogP contribution in [0.2, 0.25) is 0 Å². The molecule has 5 heterocycles. The van der Waals surface area contributed by atoms with E-state index in [4.69, 9.17) is 21.0 Å². The van der Waals surface area contributed by atoms with Gasteiger partial charge in [-0.3, -0.25) is 0 Å². The highest BCUT2D eigenvalue weighted by molar-refractivity contribution is 7.48. The van der Waals surface area contributed by atoms with Crippen LogP contribution in [0.4, 0.5) is 0 Å². The Morgan fingerprint density at radius 2 is 0.931 bits per heavy atom. The Morgan fingerprint density at radius 3 is 1.31 bits per heavy atom. The van der Waals surface area contributed by atoms with E-state index in [0.717, 1.165) is 9.75 Å². The summed E-state index contributed by atoms with van der Waals surface area (Å²) in [6.07, 6.45) is 3.27. The van der Waals surface area contributed by atoms with Crippen LogP contribution >= 0.6 is 56.7 Å². The van der Waals surface area contributed by atoms with E-state index >= 15 is 0 Å². The van der Waals surface area contributed by atoms with Crippen molar-refractivity contribution in [3.63, 3.8) is 0 Å². The summed E-state index contributed by atoms with van der Waals surface area (Å²) in [5.74, 6) is 0. The zero-order valence-corrected chi connectivity index (χ0v) is 18.2. The van der Waals surface area contributed by atoms with Gasteiger partial charge in [0.2, 0.25) is 0 Å². The molecule has 0 N–H and O–H groups in total. The molecule has 5 aromatic heterocycles. The highest BCUT2D eigenvalue weighted by Crippen LogP contribution is 2.53. The van der Waals surface area contributed by atoms with Crippen LogP contribution in [0.3, 0.4) is 0 Å². The van der Waals surface area contributed by atoms with Crippen molar-refractivity contribution in [2.24, 2.45) is 0 Å². The number of allylic oxidation sites excluding steroid dienone is 2. The second kappa shape index (κ2) is 6.79. The molecule has 0 aliphatic carbocycles. The molecule has 0 fully saturated rings. The van der Waals surface area contributed by atoms with Crippen molar-refractivity contribution in [3.05, 3.63) is 33.0 Å². The molecule has 0 aromatic carbocycles. The van der Waals surface area contributed by atoms with Gasteiger partial charge in [-0.05, 0) is 24.3 Å². The summed E-state index contributed by atoms with van der Waals surface area (Å²) in [7, 11) is 0. The fourth-order valence-electron chi connectivity index (χ4n) is 2.96. The molecule has 4 nitrogen and oxygen atoms in total. The average molecular weight is 461 g/mol. The molecule has 0 bridgehead atoms. The molecule has 5 aromatic rings. The quantitative estimate of drug-likeness (QED) is 0.255. The van der Waals surface area contributed by atoms with Crippen LogP contribution in [-0.2, 0) is 0 Å². The standard InChI is InChI=1S/C20H4N4S5/c21-5-9(6-22)1-11-3-13-15(25-11)17-19(27-13)20-18(29-17)16-14(28-20)4-12(26-16)2-10(7-23)8-24/h1-4H. The third-order valence-electron chi connectivity index (χ3n) is 4.15. The topological polar surface area (TPSA) is 95.2 Å². The minimum absolute atomic E-state index is 0.109. The van der Waals surface area contributed by atoms with Gasteiger partial charge in [0.15, 0.2) is 0 Å². The van der Waals surface area contributed by atoms with Gasteiger partial charge in [0.05, 0.1) is 28.2 Å². The fourth-order valence-corrected chi connectivity index (χ4v) is 10.1. The Morgan fingerprint density at radius 1 is 0.552 bits per heavy atom. The van der Waals surface area contributed by atoms with Crippen LogP contribution in [0, 0.1) is 45.3 Å². The molecule has 134 valence electrons. The van der Waals surface area contributed by atoms with Crippen LogP contribution in [0.5, 0.6) is 0 Å². The van der Waals surface area contributed by atoms with Gasteiger partial charge in [-0.1, -0.05) is 0 Å². The SMILES string of the molecule is N#CC(C#N)=Cc1cc2sc3c(sc4c5sc(C=C(C#N)C#N)cc5sc43)c2s1. The Labute approximate surface area is 183 Å². The Hall–Kier alpha value is -3.02. The van der Waals surface area contributed by atoms with E-state index in [2.05, 4.69) is 0 Å². The molecule has 0 saturated carbocycles. The van der Waals surface area contributed by atoms with Gasteiger partial charge in [-0.25, -0.2) is 0 Å². The summed E-state index contributed by atoms with van der Waals surface area (Å²) < 4.78 is 9.79. The highest BCUT2D eigenvalue weighted by atomic mass is 32.1. The Balaban J connectivity index is 1.69. The lowest BCUT2D eigenvalue weighted by molar-refractivity contribution is 1.47. The molecule has 5 rings (SSSR count). The molecule has 0 radical (unpaired) electrons. The van der Waals surface area contributed by atoms with Crippen molar-refractivity contribution >= 4 is 106 Å². The lowest BCUT2D eigenvalue weighted by Crippen LogP contribution is -1.69. The summed E-state index contributed by atoms with van der Waals surface area (Å²) in [6, 6.07) is 11.7. The van der Waals surface area contributed by atoms with Crippen LogP contribution in [-0.4, -0.2) is 0 Å². The largest absolute Gasteiger partial charge is 0.192 e. The average Bonchev–Trinajstić information content (AvgIpc) is 3.48. The summed E-state index contributed by atoms with van der Waals surface area (Å²) in [5, 5.41) is 35.9. The first-order valence-electron chi connectivity index (χ1n) is 8.00. The van der Waals surface area contributed by atoms with E-state index < -0.39 is 0 Å². The summed E-state index contributed by atoms with van der Waals surface area (Å²) in [6.45, 7) is 0. The van der Waals surface area contributed by atoms with E-state index in [-0.39, 0.29) is 11.1 Å². The summed E-state index contributed by atoms with van der Waals surface area (Å²) >= 11 is 8.46. The van der Waals surface area contributed by atoms with Gasteiger partial charge in [-0.15, -0.1) is 56.7 Å². The minimum atomic E-state index is 0.109. The number of rotatable bonds is 2. The predicted octanol–water partition coefficient (Wildman–Crippen LogP) is 7.47. The van der Waals surface area contributed by atoms with E-state index in [1.54, 1.807) is 68.8 Å². The molecule has 29 heavy (non-hydrogen) atoms. The van der Waals surface area contributed by atoms with E-state index in [1.807, 2.05) is 36.4 Å². The van der Waals surface area contributed by atoms with Crippen molar-refractivity contribution in [2.45, 2.75) is 0 Å². The van der Waals surface area contributed by atoms with Crippen molar-refractivity contribution in [1.29, 1.82) is 21.0 Å². The highest BCUT2D eigenvalue weighted by Gasteiger charge is 2.19. The molecular formula is C20H4N4S5. The van der Waals surface area contributed by atoms with Crippen LogP contribution in [0.1, 0.15) is 9.75 Å². The van der Waals surface area contributed by atoms with Crippen LogP contribution in [0.15, 0.2) is 23.3 Å². The number of nitrogens with zero attached hydrogens (tertiary/aromatic N) is 4. The van der Waals surface area contributed by atoms with Gasteiger partial charge in [0.25, 0.3) is 0 Å². The van der Waals surface area contributed by atoms with Crippen LogP contribution in [0.25, 0.3) is 49.8 Å². The molecule has 9 heteroatoms. The van der Waals surface area contributed by atoms with Gasteiger partial charge in [0.1, 0.15) is 35.4 Å². The maximum Gasteiger partial charge on any atom is 0.131 e. The number of hydrogen-bond acceptors (Lipinski definition) is 9. The number of nitriles is 4. The molecule has 0 aliphatic heterocycles.